The average molecular weight is 226 g/mol. The summed E-state index contributed by atoms with van der Waals surface area (Å²) in [5.74, 6) is 0. The van der Waals surface area contributed by atoms with Crippen molar-refractivity contribution in [2.45, 2.75) is 13.2 Å². The van der Waals surface area contributed by atoms with Crippen LogP contribution in [0.25, 0.3) is 11.1 Å². The third kappa shape index (κ3) is 1.39. The monoisotopic (exact) mass is 225 g/mol. The molecule has 1 aliphatic carbocycles. The Morgan fingerprint density at radius 1 is 1.12 bits per heavy atom. The molecule has 0 atom stereocenters. The van der Waals surface area contributed by atoms with Crippen molar-refractivity contribution in [1.29, 1.82) is 0 Å². The first-order chi connectivity index (χ1) is 7.79. The minimum Gasteiger partial charge on any atom is -0.0872 e. The Hall–Kier alpha value is -1.21. The van der Waals surface area contributed by atoms with E-state index in [1.54, 1.807) is 0 Å². The van der Waals surface area contributed by atoms with E-state index in [4.69, 9.17) is 11.6 Å². The number of halogens is 1. The van der Waals surface area contributed by atoms with Gasteiger partial charge < -0.3 is 0 Å². The predicted octanol–water partition coefficient (Wildman–Crippen LogP) is 3.29. The zero-order chi connectivity index (χ0) is 11.1. The van der Waals surface area contributed by atoms with E-state index in [1.165, 1.54) is 27.7 Å². The Kier molecular flexibility index (Phi) is 2.29. The number of hydrogen-bond donors (Lipinski definition) is 0. The van der Waals surface area contributed by atoms with Crippen molar-refractivity contribution in [3.8, 4) is 11.1 Å². The molecular formula is C14H11BCl. The van der Waals surface area contributed by atoms with Gasteiger partial charge in [-0.25, -0.2) is 0 Å². The first-order valence-electron chi connectivity index (χ1n) is 5.49. The van der Waals surface area contributed by atoms with Crippen molar-refractivity contribution in [3.05, 3.63) is 52.5 Å². The molecule has 0 N–H and O–H groups in total. The summed E-state index contributed by atoms with van der Waals surface area (Å²) in [6.45, 7) is 2.09. The summed E-state index contributed by atoms with van der Waals surface area (Å²) in [5, 5.41) is 0.827. The molecule has 1 radical (unpaired) electrons. The van der Waals surface area contributed by atoms with E-state index >= 15 is 0 Å². The molecule has 0 spiro atoms. The molecule has 2 heteroatoms. The molecule has 2 aromatic rings. The molecule has 0 nitrogen and oxygen atoms in total. The maximum Gasteiger partial charge on any atom is 0.149 e. The molecular weight excluding hydrogens is 214 g/mol. The van der Waals surface area contributed by atoms with Gasteiger partial charge in [0.25, 0.3) is 0 Å². The Bertz CT molecular complexity index is 561. The number of rotatable bonds is 1. The molecule has 0 saturated heterocycles. The van der Waals surface area contributed by atoms with Gasteiger partial charge in [0.1, 0.15) is 7.28 Å². The van der Waals surface area contributed by atoms with Crippen molar-refractivity contribution in [2.24, 2.45) is 0 Å². The minimum atomic E-state index is 0.827. The number of fused-ring (bicyclic) bond motifs is 3. The van der Waals surface area contributed by atoms with Crippen LogP contribution in [0.5, 0.6) is 0 Å². The Morgan fingerprint density at radius 3 is 2.81 bits per heavy atom. The fourth-order valence-corrected chi connectivity index (χ4v) is 2.69. The van der Waals surface area contributed by atoms with E-state index in [2.05, 4.69) is 44.4 Å². The molecule has 3 rings (SSSR count). The van der Waals surface area contributed by atoms with Crippen molar-refractivity contribution in [3.63, 3.8) is 0 Å². The summed E-state index contributed by atoms with van der Waals surface area (Å²) in [6, 6.07) is 12.7. The van der Waals surface area contributed by atoms with E-state index in [1.807, 2.05) is 6.07 Å². The third-order valence-electron chi connectivity index (χ3n) is 3.21. The lowest BCUT2D eigenvalue weighted by Gasteiger charge is -2.07. The summed E-state index contributed by atoms with van der Waals surface area (Å²) < 4.78 is 0. The summed E-state index contributed by atoms with van der Waals surface area (Å²) in [5.41, 5.74) is 6.80. The van der Waals surface area contributed by atoms with Crippen LogP contribution in [0.4, 0.5) is 0 Å². The fourth-order valence-electron chi connectivity index (χ4n) is 2.49. The Labute approximate surface area is 102 Å². The van der Waals surface area contributed by atoms with E-state index < -0.39 is 0 Å². The van der Waals surface area contributed by atoms with Crippen LogP contribution in [0.15, 0.2) is 36.4 Å². The summed E-state index contributed by atoms with van der Waals surface area (Å²) in [7, 11) is 2.17. The van der Waals surface area contributed by atoms with Crippen molar-refractivity contribution in [1.82, 2.24) is 0 Å². The molecule has 0 aliphatic heterocycles. The first-order valence-corrected chi connectivity index (χ1v) is 5.87. The SMILES string of the molecule is C[B]c1cccc2c1-c1ccc(Cl)cc1C2. The largest absolute Gasteiger partial charge is 0.149 e. The van der Waals surface area contributed by atoms with Gasteiger partial charge in [-0.05, 0) is 40.8 Å². The summed E-state index contributed by atoms with van der Waals surface area (Å²) in [6.07, 6.45) is 1.01. The molecule has 0 unspecified atom stereocenters. The Balaban J connectivity index is 2.27. The van der Waals surface area contributed by atoms with Crippen LogP contribution in [0.1, 0.15) is 11.1 Å². The molecule has 1 aliphatic rings. The highest BCUT2D eigenvalue weighted by Crippen LogP contribution is 2.36. The molecule has 0 amide bonds. The second-order valence-corrected chi connectivity index (χ2v) is 4.58. The van der Waals surface area contributed by atoms with E-state index in [0.29, 0.717) is 0 Å². The second-order valence-electron chi connectivity index (χ2n) is 4.15. The zero-order valence-electron chi connectivity index (χ0n) is 9.13. The summed E-state index contributed by atoms with van der Waals surface area (Å²) in [4.78, 5) is 0. The van der Waals surface area contributed by atoms with E-state index in [9.17, 15) is 0 Å². The van der Waals surface area contributed by atoms with Gasteiger partial charge in [0.2, 0.25) is 0 Å². The first kappa shape index (κ1) is 9.98. The minimum absolute atomic E-state index is 0.827. The lowest BCUT2D eigenvalue weighted by atomic mass is 9.69. The van der Waals surface area contributed by atoms with E-state index in [0.717, 1.165) is 11.4 Å². The van der Waals surface area contributed by atoms with Gasteiger partial charge in [-0.15, -0.1) is 0 Å². The van der Waals surface area contributed by atoms with Gasteiger partial charge in [0.15, 0.2) is 0 Å². The molecule has 0 bridgehead atoms. The highest BCUT2D eigenvalue weighted by Gasteiger charge is 2.20. The standard InChI is InChI=1S/C14H11BCl/c1-15-13-4-2-3-9-7-10-8-11(16)5-6-12(10)14(9)13/h2-6,8H,7H2,1H3. The molecule has 0 fully saturated rings. The van der Waals surface area contributed by atoms with Gasteiger partial charge in [-0.1, -0.05) is 48.2 Å². The molecule has 77 valence electrons. The van der Waals surface area contributed by atoms with Gasteiger partial charge in [0, 0.05) is 5.02 Å². The zero-order valence-corrected chi connectivity index (χ0v) is 9.88. The predicted molar refractivity (Wildman–Crippen MR) is 70.9 cm³/mol. The van der Waals surface area contributed by atoms with Crippen LogP contribution in [0, 0.1) is 0 Å². The Morgan fingerprint density at radius 2 is 2.00 bits per heavy atom. The normalized spacial score (nSPS) is 12.1. The summed E-state index contributed by atoms with van der Waals surface area (Å²) >= 11 is 6.03. The van der Waals surface area contributed by atoms with Crippen LogP contribution in [-0.4, -0.2) is 7.28 Å². The van der Waals surface area contributed by atoms with Crippen LogP contribution in [-0.2, 0) is 6.42 Å². The molecule has 0 saturated carbocycles. The number of benzene rings is 2. The van der Waals surface area contributed by atoms with Crippen LogP contribution in [0.2, 0.25) is 11.8 Å². The van der Waals surface area contributed by atoms with Crippen molar-refractivity contribution >= 4 is 24.3 Å². The van der Waals surface area contributed by atoms with Crippen LogP contribution in [0.3, 0.4) is 0 Å². The molecule has 0 heterocycles. The van der Waals surface area contributed by atoms with Gasteiger partial charge in [-0.3, -0.25) is 0 Å². The smallest absolute Gasteiger partial charge is 0.0872 e. The van der Waals surface area contributed by atoms with Gasteiger partial charge in [0.05, 0.1) is 0 Å². The fraction of sp³-hybridized carbons (Fsp3) is 0.143. The number of hydrogen-bond acceptors (Lipinski definition) is 0. The second kappa shape index (κ2) is 3.67. The third-order valence-corrected chi connectivity index (χ3v) is 3.45. The van der Waals surface area contributed by atoms with Crippen LogP contribution < -0.4 is 5.46 Å². The molecule has 0 aromatic heterocycles. The van der Waals surface area contributed by atoms with E-state index in [-0.39, 0.29) is 0 Å². The van der Waals surface area contributed by atoms with Gasteiger partial charge in [-0.2, -0.15) is 0 Å². The highest BCUT2D eigenvalue weighted by molar-refractivity contribution is 6.54. The maximum absolute atomic E-state index is 6.03. The maximum atomic E-state index is 6.03. The lowest BCUT2D eigenvalue weighted by Crippen LogP contribution is -2.13. The van der Waals surface area contributed by atoms with Gasteiger partial charge >= 0.3 is 0 Å². The topological polar surface area (TPSA) is 0 Å². The molecule has 16 heavy (non-hydrogen) atoms. The average Bonchev–Trinajstić information content (AvgIpc) is 2.65. The quantitative estimate of drug-likeness (QED) is 0.558. The highest BCUT2D eigenvalue weighted by atomic mass is 35.5. The van der Waals surface area contributed by atoms with Crippen LogP contribution >= 0.6 is 11.6 Å². The molecule has 2 aromatic carbocycles. The lowest BCUT2D eigenvalue weighted by molar-refractivity contribution is 1.26. The van der Waals surface area contributed by atoms with Crippen molar-refractivity contribution in [2.75, 3.05) is 0 Å². The van der Waals surface area contributed by atoms with Crippen molar-refractivity contribution < 1.29 is 0 Å².